The van der Waals surface area contributed by atoms with E-state index in [9.17, 15) is 13.9 Å². The van der Waals surface area contributed by atoms with Crippen LogP contribution in [-0.2, 0) is 6.42 Å². The molecule has 0 saturated heterocycles. The molecule has 3 heteroatoms. The van der Waals surface area contributed by atoms with Gasteiger partial charge in [-0.25, -0.2) is 8.78 Å². The van der Waals surface area contributed by atoms with E-state index >= 15 is 0 Å². The summed E-state index contributed by atoms with van der Waals surface area (Å²) in [5.41, 5.74) is 0.274. The Morgan fingerprint density at radius 3 is 2.63 bits per heavy atom. The van der Waals surface area contributed by atoms with E-state index in [-0.39, 0.29) is 12.0 Å². The molecular weight excluding hydrogens is 246 g/mol. The molecule has 0 amide bonds. The van der Waals surface area contributed by atoms with Crippen LogP contribution in [0.2, 0.25) is 0 Å². The summed E-state index contributed by atoms with van der Waals surface area (Å²) in [6.07, 6.45) is 7.72. The lowest BCUT2D eigenvalue weighted by molar-refractivity contribution is 0.148. The fourth-order valence-corrected chi connectivity index (χ4v) is 2.96. The number of hydrogen-bond acceptors (Lipinski definition) is 1. The van der Waals surface area contributed by atoms with Crippen LogP contribution in [0, 0.1) is 17.6 Å². The molecule has 1 aliphatic rings. The van der Waals surface area contributed by atoms with Crippen LogP contribution in [0.5, 0.6) is 0 Å². The van der Waals surface area contributed by atoms with E-state index in [2.05, 4.69) is 0 Å². The van der Waals surface area contributed by atoms with Crippen LogP contribution in [0.3, 0.4) is 0 Å². The number of hydrogen-bond donors (Lipinski definition) is 1. The van der Waals surface area contributed by atoms with Gasteiger partial charge in [-0.1, -0.05) is 32.1 Å². The first kappa shape index (κ1) is 14.4. The molecular formula is C16H22F2O. The van der Waals surface area contributed by atoms with Gasteiger partial charge in [0.05, 0.1) is 6.10 Å². The molecule has 1 fully saturated rings. The summed E-state index contributed by atoms with van der Waals surface area (Å²) in [4.78, 5) is 0. The van der Waals surface area contributed by atoms with Crippen LogP contribution in [0.4, 0.5) is 8.78 Å². The zero-order chi connectivity index (χ0) is 13.7. The summed E-state index contributed by atoms with van der Waals surface area (Å²) >= 11 is 0. The zero-order valence-corrected chi connectivity index (χ0v) is 11.2. The average Bonchev–Trinajstić information content (AvgIpc) is 2.42. The monoisotopic (exact) mass is 268 g/mol. The van der Waals surface area contributed by atoms with E-state index in [1.54, 1.807) is 0 Å². The maximum Gasteiger partial charge on any atom is 0.126 e. The second-order valence-electron chi connectivity index (χ2n) is 5.68. The molecule has 106 valence electrons. The molecule has 1 aromatic carbocycles. The number of benzene rings is 1. The van der Waals surface area contributed by atoms with E-state index in [0.29, 0.717) is 12.3 Å². The van der Waals surface area contributed by atoms with Gasteiger partial charge in [-0.15, -0.1) is 0 Å². The minimum absolute atomic E-state index is 0.205. The molecule has 0 aromatic heterocycles. The van der Waals surface area contributed by atoms with Crippen LogP contribution < -0.4 is 0 Å². The van der Waals surface area contributed by atoms with Crippen LogP contribution in [0.25, 0.3) is 0 Å². The SMILES string of the molecule is OC(CCC1CCCCC1)Cc1cc(F)ccc1F. The van der Waals surface area contributed by atoms with Crippen LogP contribution in [0.1, 0.15) is 50.5 Å². The summed E-state index contributed by atoms with van der Waals surface area (Å²) in [5.74, 6) is -0.172. The van der Waals surface area contributed by atoms with Gasteiger partial charge in [0.15, 0.2) is 0 Å². The van der Waals surface area contributed by atoms with Crippen molar-refractivity contribution in [3.8, 4) is 0 Å². The largest absolute Gasteiger partial charge is 0.393 e. The fourth-order valence-electron chi connectivity index (χ4n) is 2.96. The number of aliphatic hydroxyl groups excluding tert-OH is 1. The van der Waals surface area contributed by atoms with E-state index in [1.807, 2.05) is 0 Å². The molecule has 1 aromatic rings. The maximum atomic E-state index is 13.4. The van der Waals surface area contributed by atoms with E-state index in [1.165, 1.54) is 38.2 Å². The molecule has 1 unspecified atom stereocenters. The van der Waals surface area contributed by atoms with Crippen molar-refractivity contribution < 1.29 is 13.9 Å². The van der Waals surface area contributed by atoms with Crippen LogP contribution in [-0.4, -0.2) is 11.2 Å². The predicted octanol–water partition coefficient (Wildman–Crippen LogP) is 4.23. The summed E-state index contributed by atoms with van der Waals surface area (Å²) in [6.45, 7) is 0. The molecule has 0 radical (unpaired) electrons. The Balaban J connectivity index is 1.80. The quantitative estimate of drug-likeness (QED) is 0.847. The summed E-state index contributed by atoms with van der Waals surface area (Å²) in [6, 6.07) is 3.41. The highest BCUT2D eigenvalue weighted by Crippen LogP contribution is 2.28. The van der Waals surface area contributed by atoms with Crippen molar-refractivity contribution in [3.63, 3.8) is 0 Å². The molecule has 2 rings (SSSR count). The first-order valence-electron chi connectivity index (χ1n) is 7.27. The van der Waals surface area contributed by atoms with Crippen LogP contribution in [0.15, 0.2) is 18.2 Å². The highest BCUT2D eigenvalue weighted by Gasteiger charge is 2.16. The average molecular weight is 268 g/mol. The van der Waals surface area contributed by atoms with Gasteiger partial charge in [-0.2, -0.15) is 0 Å². The van der Waals surface area contributed by atoms with E-state index < -0.39 is 17.7 Å². The van der Waals surface area contributed by atoms with Gasteiger partial charge in [0.2, 0.25) is 0 Å². The lowest BCUT2D eigenvalue weighted by atomic mass is 9.85. The third-order valence-electron chi connectivity index (χ3n) is 4.10. The number of aliphatic hydroxyl groups is 1. The summed E-state index contributed by atoms with van der Waals surface area (Å²) < 4.78 is 26.5. The van der Waals surface area contributed by atoms with Gasteiger partial charge in [-0.3, -0.25) is 0 Å². The molecule has 0 aliphatic heterocycles. The van der Waals surface area contributed by atoms with Gasteiger partial charge in [-0.05, 0) is 42.5 Å². The Morgan fingerprint density at radius 2 is 1.89 bits per heavy atom. The van der Waals surface area contributed by atoms with Gasteiger partial charge < -0.3 is 5.11 Å². The normalized spacial score (nSPS) is 18.5. The molecule has 1 aliphatic carbocycles. The predicted molar refractivity (Wildman–Crippen MR) is 71.9 cm³/mol. The standard InChI is InChI=1S/C16H22F2O/c17-14-7-9-16(18)13(10-14)11-15(19)8-6-12-4-2-1-3-5-12/h7,9-10,12,15,19H,1-6,8,11H2. The molecule has 1 saturated carbocycles. The molecule has 1 atom stereocenters. The van der Waals surface area contributed by atoms with Crippen LogP contribution >= 0.6 is 0 Å². The Labute approximate surface area is 113 Å². The maximum absolute atomic E-state index is 13.4. The Bertz CT molecular complexity index is 400. The third-order valence-corrected chi connectivity index (χ3v) is 4.10. The first-order valence-corrected chi connectivity index (χ1v) is 7.27. The van der Waals surface area contributed by atoms with Gasteiger partial charge in [0, 0.05) is 6.42 Å². The Morgan fingerprint density at radius 1 is 1.16 bits per heavy atom. The fraction of sp³-hybridized carbons (Fsp3) is 0.625. The minimum atomic E-state index is -0.571. The van der Waals surface area contributed by atoms with E-state index in [0.717, 1.165) is 18.6 Å². The third kappa shape index (κ3) is 4.57. The van der Waals surface area contributed by atoms with Gasteiger partial charge in [0.1, 0.15) is 11.6 Å². The van der Waals surface area contributed by atoms with E-state index in [4.69, 9.17) is 0 Å². The van der Waals surface area contributed by atoms with Crippen molar-refractivity contribution >= 4 is 0 Å². The Kier molecular flexibility index (Phi) is 5.32. The van der Waals surface area contributed by atoms with Crippen molar-refractivity contribution in [2.24, 2.45) is 5.92 Å². The highest BCUT2D eigenvalue weighted by molar-refractivity contribution is 5.19. The minimum Gasteiger partial charge on any atom is -0.393 e. The molecule has 1 N–H and O–H groups in total. The van der Waals surface area contributed by atoms with Crippen molar-refractivity contribution in [3.05, 3.63) is 35.4 Å². The van der Waals surface area contributed by atoms with Gasteiger partial charge in [0.25, 0.3) is 0 Å². The highest BCUT2D eigenvalue weighted by atomic mass is 19.1. The van der Waals surface area contributed by atoms with Gasteiger partial charge >= 0.3 is 0 Å². The number of rotatable bonds is 5. The van der Waals surface area contributed by atoms with Crippen molar-refractivity contribution in [2.75, 3.05) is 0 Å². The topological polar surface area (TPSA) is 20.2 Å². The molecule has 1 nitrogen and oxygen atoms in total. The molecule has 0 heterocycles. The Hall–Kier alpha value is -0.960. The molecule has 19 heavy (non-hydrogen) atoms. The number of halogens is 2. The zero-order valence-electron chi connectivity index (χ0n) is 11.2. The summed E-state index contributed by atoms with van der Waals surface area (Å²) in [5, 5.41) is 9.96. The second kappa shape index (κ2) is 6.99. The second-order valence-corrected chi connectivity index (χ2v) is 5.68. The molecule has 0 spiro atoms. The summed E-state index contributed by atoms with van der Waals surface area (Å²) in [7, 11) is 0. The first-order chi connectivity index (χ1) is 9.15. The lowest BCUT2D eigenvalue weighted by Gasteiger charge is -2.22. The lowest BCUT2D eigenvalue weighted by Crippen LogP contribution is -2.15. The van der Waals surface area contributed by atoms with Crippen molar-refractivity contribution in [2.45, 2.75) is 57.5 Å². The van der Waals surface area contributed by atoms with Crippen molar-refractivity contribution in [1.82, 2.24) is 0 Å². The molecule has 0 bridgehead atoms. The smallest absolute Gasteiger partial charge is 0.126 e. The van der Waals surface area contributed by atoms with Crippen molar-refractivity contribution in [1.29, 1.82) is 0 Å².